The van der Waals surface area contributed by atoms with Crippen molar-refractivity contribution in [3.05, 3.63) is 24.3 Å². The van der Waals surface area contributed by atoms with E-state index in [9.17, 15) is 14.4 Å². The zero-order chi connectivity index (χ0) is 17.8. The minimum Gasteiger partial charge on any atom is -0.287 e. The summed E-state index contributed by atoms with van der Waals surface area (Å²) in [4.78, 5) is 34.6. The van der Waals surface area contributed by atoms with Crippen molar-refractivity contribution in [2.75, 3.05) is 28.8 Å². The monoisotopic (exact) mass is 392 g/mol. The SMILES string of the molecule is C=C(C)C(=O)SCCSCC(C)C(=O)SCCSC(=O)C(=C)C. The summed E-state index contributed by atoms with van der Waals surface area (Å²) in [5, 5.41) is 0.182. The lowest BCUT2D eigenvalue weighted by Crippen LogP contribution is -2.11. The normalized spacial score (nSPS) is 11.8. The lowest BCUT2D eigenvalue weighted by atomic mass is 10.2. The fourth-order valence-corrected chi connectivity index (χ4v) is 4.87. The Morgan fingerprint density at radius 3 is 1.74 bits per heavy atom. The summed E-state index contributed by atoms with van der Waals surface area (Å²) < 4.78 is 0. The largest absolute Gasteiger partial charge is 0.287 e. The van der Waals surface area contributed by atoms with Gasteiger partial charge >= 0.3 is 0 Å². The summed E-state index contributed by atoms with van der Waals surface area (Å²) in [7, 11) is 0. The molecule has 1 unspecified atom stereocenters. The van der Waals surface area contributed by atoms with Gasteiger partial charge in [-0.05, 0) is 25.0 Å². The van der Waals surface area contributed by atoms with Crippen molar-refractivity contribution in [1.29, 1.82) is 0 Å². The first-order chi connectivity index (χ1) is 10.8. The predicted molar refractivity (Wildman–Crippen MR) is 109 cm³/mol. The summed E-state index contributed by atoms with van der Waals surface area (Å²) in [6, 6.07) is 0. The van der Waals surface area contributed by atoms with Crippen LogP contribution in [0.15, 0.2) is 24.3 Å². The molecule has 0 saturated heterocycles. The molecule has 0 bridgehead atoms. The molecule has 0 amide bonds. The average molecular weight is 393 g/mol. The zero-order valence-corrected chi connectivity index (χ0v) is 17.2. The topological polar surface area (TPSA) is 51.2 Å². The Morgan fingerprint density at radius 2 is 1.26 bits per heavy atom. The Hall–Kier alpha value is -0.110. The van der Waals surface area contributed by atoms with E-state index in [1.54, 1.807) is 25.6 Å². The van der Waals surface area contributed by atoms with E-state index in [1.807, 2.05) is 6.92 Å². The van der Waals surface area contributed by atoms with Gasteiger partial charge < -0.3 is 0 Å². The molecule has 0 N–H and O–H groups in total. The molecule has 130 valence electrons. The van der Waals surface area contributed by atoms with Crippen LogP contribution in [0.25, 0.3) is 0 Å². The molecule has 0 aliphatic heterocycles. The predicted octanol–water partition coefficient (Wildman–Crippen LogP) is 4.29. The lowest BCUT2D eigenvalue weighted by molar-refractivity contribution is -0.113. The van der Waals surface area contributed by atoms with Crippen molar-refractivity contribution in [2.45, 2.75) is 20.8 Å². The molecule has 0 aromatic heterocycles. The molecule has 0 aliphatic carbocycles. The molecular formula is C16H24O3S4. The Morgan fingerprint density at radius 1 is 0.826 bits per heavy atom. The van der Waals surface area contributed by atoms with Crippen LogP contribution in [0.5, 0.6) is 0 Å². The number of rotatable bonds is 11. The molecule has 0 saturated carbocycles. The lowest BCUT2D eigenvalue weighted by Gasteiger charge is -2.09. The minimum absolute atomic E-state index is 0.0107. The third-order valence-corrected chi connectivity index (χ3v) is 7.37. The van der Waals surface area contributed by atoms with E-state index < -0.39 is 0 Å². The van der Waals surface area contributed by atoms with Crippen molar-refractivity contribution in [3.8, 4) is 0 Å². The van der Waals surface area contributed by atoms with Crippen molar-refractivity contribution in [1.82, 2.24) is 0 Å². The van der Waals surface area contributed by atoms with Crippen molar-refractivity contribution < 1.29 is 14.4 Å². The Balaban J connectivity index is 3.70. The van der Waals surface area contributed by atoms with Gasteiger partial charge in [0.25, 0.3) is 0 Å². The third-order valence-electron chi connectivity index (χ3n) is 2.49. The Kier molecular flexibility index (Phi) is 13.1. The van der Waals surface area contributed by atoms with Crippen molar-refractivity contribution >= 4 is 62.4 Å². The Bertz CT molecular complexity index is 460. The van der Waals surface area contributed by atoms with Crippen LogP contribution in [0.2, 0.25) is 0 Å². The smallest absolute Gasteiger partial charge is 0.214 e. The first-order valence-corrected chi connectivity index (χ1v) is 11.3. The van der Waals surface area contributed by atoms with Gasteiger partial charge in [0.1, 0.15) is 0 Å². The second-order valence-electron chi connectivity index (χ2n) is 4.98. The average Bonchev–Trinajstić information content (AvgIpc) is 2.49. The van der Waals surface area contributed by atoms with Gasteiger partial charge in [0, 0.05) is 34.7 Å². The second kappa shape index (κ2) is 13.2. The van der Waals surface area contributed by atoms with E-state index in [0.29, 0.717) is 22.7 Å². The molecule has 23 heavy (non-hydrogen) atoms. The molecule has 1 atom stereocenters. The minimum atomic E-state index is -0.0197. The van der Waals surface area contributed by atoms with Gasteiger partial charge in [-0.25, -0.2) is 0 Å². The van der Waals surface area contributed by atoms with E-state index in [0.717, 1.165) is 17.3 Å². The number of hydrogen-bond donors (Lipinski definition) is 0. The van der Waals surface area contributed by atoms with Gasteiger partial charge in [-0.3, -0.25) is 14.4 Å². The molecule has 7 heteroatoms. The van der Waals surface area contributed by atoms with Crippen LogP contribution in [0.4, 0.5) is 0 Å². The third kappa shape index (κ3) is 12.0. The second-order valence-corrected chi connectivity index (χ2v) is 9.36. The standard InChI is InChI=1S/C16H24O3S4/c1-11(2)14(17)21-7-6-20-10-13(5)16(19)23-9-8-22-15(18)12(3)4/h13H,1,3,6-10H2,2,4-5H3. The highest BCUT2D eigenvalue weighted by molar-refractivity contribution is 8.17. The first kappa shape index (κ1) is 22.9. The van der Waals surface area contributed by atoms with Crippen LogP contribution >= 0.6 is 47.0 Å². The van der Waals surface area contributed by atoms with Crippen LogP contribution in [-0.4, -0.2) is 44.1 Å². The van der Waals surface area contributed by atoms with Crippen LogP contribution in [0, 0.1) is 5.92 Å². The molecule has 0 fully saturated rings. The molecule has 0 spiro atoms. The first-order valence-electron chi connectivity index (χ1n) is 7.15. The van der Waals surface area contributed by atoms with Crippen LogP contribution in [-0.2, 0) is 14.4 Å². The fourth-order valence-electron chi connectivity index (χ4n) is 1.19. The highest BCUT2D eigenvalue weighted by Crippen LogP contribution is 2.19. The van der Waals surface area contributed by atoms with Gasteiger partial charge in [0.05, 0.1) is 0 Å². The highest BCUT2D eigenvalue weighted by atomic mass is 32.2. The number of thioether (sulfide) groups is 4. The summed E-state index contributed by atoms with van der Waals surface area (Å²) in [5.41, 5.74) is 1.11. The van der Waals surface area contributed by atoms with Gasteiger partial charge in [0.15, 0.2) is 5.12 Å². The van der Waals surface area contributed by atoms with Gasteiger partial charge in [-0.2, -0.15) is 11.8 Å². The van der Waals surface area contributed by atoms with E-state index in [-0.39, 0.29) is 21.3 Å². The highest BCUT2D eigenvalue weighted by Gasteiger charge is 2.14. The van der Waals surface area contributed by atoms with Crippen LogP contribution < -0.4 is 0 Å². The summed E-state index contributed by atoms with van der Waals surface area (Å²) in [6.45, 7) is 12.5. The molecule has 0 radical (unpaired) electrons. The van der Waals surface area contributed by atoms with E-state index in [4.69, 9.17) is 0 Å². The number of carbonyl (C=O) groups excluding carboxylic acids is 3. The summed E-state index contributed by atoms with van der Waals surface area (Å²) in [5.74, 6) is 3.58. The van der Waals surface area contributed by atoms with Gasteiger partial charge in [-0.15, -0.1) is 0 Å². The number of hydrogen-bond acceptors (Lipinski definition) is 7. The van der Waals surface area contributed by atoms with Gasteiger partial charge in [0.2, 0.25) is 10.2 Å². The van der Waals surface area contributed by atoms with E-state index in [1.165, 1.54) is 35.3 Å². The van der Waals surface area contributed by atoms with Crippen LogP contribution in [0.3, 0.4) is 0 Å². The maximum Gasteiger partial charge on any atom is 0.214 e. The molecule has 0 heterocycles. The van der Waals surface area contributed by atoms with Crippen LogP contribution in [0.1, 0.15) is 20.8 Å². The molecule has 0 aromatic rings. The van der Waals surface area contributed by atoms with E-state index in [2.05, 4.69) is 13.2 Å². The maximum atomic E-state index is 11.9. The van der Waals surface area contributed by atoms with Crippen molar-refractivity contribution in [2.24, 2.45) is 5.92 Å². The molecule has 0 rings (SSSR count). The molecule has 0 aromatic carbocycles. The summed E-state index contributed by atoms with van der Waals surface area (Å²) in [6.07, 6.45) is 0. The Labute approximate surface area is 156 Å². The number of carbonyl (C=O) groups is 3. The molecule has 0 aliphatic rings. The van der Waals surface area contributed by atoms with E-state index >= 15 is 0 Å². The van der Waals surface area contributed by atoms with Crippen molar-refractivity contribution in [3.63, 3.8) is 0 Å². The molecular weight excluding hydrogens is 368 g/mol. The quantitative estimate of drug-likeness (QED) is 0.384. The van der Waals surface area contributed by atoms with Gasteiger partial charge in [-0.1, -0.05) is 55.4 Å². The summed E-state index contributed by atoms with van der Waals surface area (Å²) >= 11 is 5.45. The maximum absolute atomic E-state index is 11.9. The molecule has 3 nitrogen and oxygen atoms in total. The zero-order valence-electron chi connectivity index (χ0n) is 13.9. The fraction of sp³-hybridized carbons (Fsp3) is 0.562.